The summed E-state index contributed by atoms with van der Waals surface area (Å²) in [5.41, 5.74) is -5.48. The zero-order valence-electron chi connectivity index (χ0n) is 24.8. The number of ether oxygens (including phenoxy) is 5. The molecule has 2 aromatic rings. The number of carbonyl (C=O) groups is 5. The van der Waals surface area contributed by atoms with Gasteiger partial charge >= 0.3 is 36.0 Å². The van der Waals surface area contributed by atoms with E-state index in [1.165, 1.54) is 30.3 Å². The quantitative estimate of drug-likeness (QED) is 0.338. The first-order valence-corrected chi connectivity index (χ1v) is 14.0. The van der Waals surface area contributed by atoms with Crippen LogP contribution in [0, 0.1) is 23.7 Å². The van der Waals surface area contributed by atoms with Gasteiger partial charge in [-0.3, -0.25) is 14.4 Å². The second-order valence-corrected chi connectivity index (χ2v) is 11.0. The molecule has 0 amide bonds. The van der Waals surface area contributed by atoms with E-state index in [0.29, 0.717) is 0 Å². The molecule has 4 rings (SSSR count). The lowest BCUT2D eigenvalue weighted by molar-refractivity contribution is -0.208. The molecule has 46 heavy (non-hydrogen) atoms. The van der Waals surface area contributed by atoms with Crippen LogP contribution >= 0.6 is 11.6 Å². The lowest BCUT2D eigenvalue weighted by atomic mass is 9.49. The zero-order chi connectivity index (χ0) is 34.1. The van der Waals surface area contributed by atoms with Crippen LogP contribution in [-0.4, -0.2) is 69.0 Å². The molecule has 2 unspecified atom stereocenters. The number of rotatable bonds is 7. The van der Waals surface area contributed by atoms with E-state index < -0.39 is 100 Å². The van der Waals surface area contributed by atoms with Crippen LogP contribution in [0.3, 0.4) is 0 Å². The maximum atomic E-state index is 14.3. The number of esters is 5. The highest BCUT2D eigenvalue weighted by atomic mass is 35.5. The smallest absolute Gasteiger partial charge is 0.416 e. The van der Waals surface area contributed by atoms with Gasteiger partial charge in [-0.15, -0.1) is 0 Å². The Kier molecular flexibility index (Phi) is 9.83. The predicted molar refractivity (Wildman–Crippen MR) is 150 cm³/mol. The van der Waals surface area contributed by atoms with Crippen LogP contribution in [0.15, 0.2) is 59.9 Å². The van der Waals surface area contributed by atoms with E-state index in [-0.39, 0.29) is 10.6 Å². The minimum Gasteiger partial charge on any atom is -0.469 e. The van der Waals surface area contributed by atoms with Crippen LogP contribution < -0.4 is 0 Å². The van der Waals surface area contributed by atoms with Crippen molar-refractivity contribution in [2.24, 2.45) is 23.7 Å². The molecule has 1 N–H and O–H groups in total. The molecule has 0 aliphatic heterocycles. The van der Waals surface area contributed by atoms with Crippen molar-refractivity contribution >= 4 is 41.4 Å². The van der Waals surface area contributed by atoms with E-state index in [4.69, 9.17) is 35.3 Å². The fourth-order valence-corrected chi connectivity index (χ4v) is 6.68. The summed E-state index contributed by atoms with van der Waals surface area (Å²) in [5, 5.41) is 13.0. The largest absolute Gasteiger partial charge is 0.469 e. The number of hydrogen-bond donors (Lipinski definition) is 1. The molecular weight excluding hydrogens is 641 g/mol. The van der Waals surface area contributed by atoms with Crippen LogP contribution in [-0.2, 0) is 49.0 Å². The topological polar surface area (TPSA) is 152 Å². The number of hydrogen-bond acceptors (Lipinski definition) is 11. The molecule has 6 atom stereocenters. The molecule has 0 saturated heterocycles. The van der Waals surface area contributed by atoms with Crippen LogP contribution in [0.25, 0.3) is 0 Å². The van der Waals surface area contributed by atoms with Gasteiger partial charge in [0.2, 0.25) is 0 Å². The maximum Gasteiger partial charge on any atom is 0.416 e. The van der Waals surface area contributed by atoms with Gasteiger partial charge in [0, 0.05) is 16.9 Å². The van der Waals surface area contributed by atoms with E-state index in [2.05, 4.69) is 0 Å². The third kappa shape index (κ3) is 5.82. The predicted octanol–water partition coefficient (Wildman–Crippen LogP) is 3.86. The summed E-state index contributed by atoms with van der Waals surface area (Å²) in [7, 11) is 3.62. The second kappa shape index (κ2) is 13.1. The summed E-state index contributed by atoms with van der Waals surface area (Å²) in [6.07, 6.45) is -5.55. The fourth-order valence-electron chi connectivity index (χ4n) is 6.55. The van der Waals surface area contributed by atoms with Gasteiger partial charge in [0.15, 0.2) is 0 Å². The van der Waals surface area contributed by atoms with Crippen molar-refractivity contribution < 1.29 is 65.9 Å². The first-order chi connectivity index (χ1) is 21.7. The number of alkyl halides is 3. The highest BCUT2D eigenvalue weighted by molar-refractivity contribution is 6.30. The van der Waals surface area contributed by atoms with Gasteiger partial charge in [-0.1, -0.05) is 29.8 Å². The van der Waals surface area contributed by atoms with Gasteiger partial charge in [-0.2, -0.15) is 13.2 Å². The van der Waals surface area contributed by atoms with Crippen molar-refractivity contribution in [3.63, 3.8) is 0 Å². The summed E-state index contributed by atoms with van der Waals surface area (Å²) < 4.78 is 68.1. The molecule has 11 nitrogen and oxygen atoms in total. The van der Waals surface area contributed by atoms with Crippen molar-refractivity contribution in [1.82, 2.24) is 0 Å². The normalized spacial score (nSPS) is 25.6. The van der Waals surface area contributed by atoms with Gasteiger partial charge in [0.05, 0.1) is 57.0 Å². The Balaban J connectivity index is 2.11. The van der Waals surface area contributed by atoms with Gasteiger partial charge in [-0.25, -0.2) is 9.59 Å². The number of halogens is 4. The number of aliphatic hydroxyl groups is 1. The number of methoxy groups -OCH3 is 4. The number of benzene rings is 2. The SMILES string of the molecule is COC(=O)C1=C(OC(=O)c2ccc(Cl)cc2)C(C(=O)OC)[C@@]2(O)[C@@H](C(=O)OC)C(c3ccccc3C(F)(F)F)C[C@@H]1[C@@H]2C(=O)OC. The van der Waals surface area contributed by atoms with Crippen molar-refractivity contribution in [3.8, 4) is 0 Å². The Labute approximate surface area is 265 Å². The Hall–Kier alpha value is -4.43. The molecule has 2 aliphatic rings. The van der Waals surface area contributed by atoms with Crippen LogP contribution in [0.4, 0.5) is 13.2 Å². The summed E-state index contributed by atoms with van der Waals surface area (Å²) in [4.78, 5) is 67.5. The van der Waals surface area contributed by atoms with E-state index in [1.807, 2.05) is 0 Å². The Morgan fingerprint density at radius 3 is 1.85 bits per heavy atom. The minimum absolute atomic E-state index is 0.126. The van der Waals surface area contributed by atoms with Crippen LogP contribution in [0.5, 0.6) is 0 Å². The van der Waals surface area contributed by atoms with E-state index in [9.17, 15) is 42.3 Å². The third-order valence-electron chi connectivity index (χ3n) is 8.37. The Morgan fingerprint density at radius 2 is 1.33 bits per heavy atom. The molecule has 2 aliphatic carbocycles. The van der Waals surface area contributed by atoms with Gasteiger partial charge < -0.3 is 28.8 Å². The molecule has 246 valence electrons. The standard InChI is InChI=1S/C31H28ClF3O11/c1-42-26(37)20-18-13-17(16-7-5-6-8-19(16)31(33,34)35)21(27(38)43-2)30(41,22(18)28(39)44-3)23(29(40)45-4)24(20)46-25(36)14-9-11-15(32)12-10-14/h5-12,17-18,21-23,41H,13H2,1-4H3/t17?,18-,21+,22+,23?,30+/m0/s1. The van der Waals surface area contributed by atoms with Gasteiger partial charge in [0.1, 0.15) is 17.3 Å². The first-order valence-electron chi connectivity index (χ1n) is 13.6. The molecular formula is C31H28ClF3O11. The highest BCUT2D eigenvalue weighted by Crippen LogP contribution is 2.61. The van der Waals surface area contributed by atoms with E-state index >= 15 is 0 Å². The number of carbonyl (C=O) groups excluding carboxylic acids is 5. The summed E-state index contributed by atoms with van der Waals surface area (Å²) in [6, 6.07) is 9.40. The maximum absolute atomic E-state index is 14.3. The van der Waals surface area contributed by atoms with E-state index in [1.54, 1.807) is 0 Å². The summed E-state index contributed by atoms with van der Waals surface area (Å²) in [6.45, 7) is 0. The third-order valence-corrected chi connectivity index (χ3v) is 8.62. The molecule has 0 spiro atoms. The zero-order valence-corrected chi connectivity index (χ0v) is 25.5. The summed E-state index contributed by atoms with van der Waals surface area (Å²) >= 11 is 5.91. The number of fused-ring (bicyclic) bond motifs is 2. The van der Waals surface area contributed by atoms with Crippen molar-refractivity contribution in [3.05, 3.63) is 81.6 Å². The Morgan fingerprint density at radius 1 is 0.783 bits per heavy atom. The van der Waals surface area contributed by atoms with Crippen molar-refractivity contribution in [1.29, 1.82) is 0 Å². The highest BCUT2D eigenvalue weighted by Gasteiger charge is 2.72. The molecule has 2 bridgehead atoms. The fraction of sp³-hybridized carbons (Fsp3) is 0.387. The molecule has 0 aromatic heterocycles. The second-order valence-electron chi connectivity index (χ2n) is 10.5. The van der Waals surface area contributed by atoms with E-state index in [0.717, 1.165) is 46.6 Å². The van der Waals surface area contributed by atoms with Gasteiger partial charge in [-0.05, 0) is 42.3 Å². The molecule has 1 saturated carbocycles. The lowest BCUT2D eigenvalue weighted by Gasteiger charge is -2.56. The lowest BCUT2D eigenvalue weighted by Crippen LogP contribution is -2.68. The van der Waals surface area contributed by atoms with Crippen molar-refractivity contribution in [2.45, 2.75) is 24.1 Å². The summed E-state index contributed by atoms with van der Waals surface area (Å²) in [5.74, 6) is -16.8. The average molecular weight is 669 g/mol. The molecule has 0 heterocycles. The minimum atomic E-state index is -4.95. The molecule has 1 fully saturated rings. The van der Waals surface area contributed by atoms with Crippen molar-refractivity contribution in [2.75, 3.05) is 28.4 Å². The monoisotopic (exact) mass is 668 g/mol. The van der Waals surface area contributed by atoms with Crippen LogP contribution in [0.1, 0.15) is 33.8 Å². The molecule has 15 heteroatoms. The Bertz CT molecular complexity index is 1590. The van der Waals surface area contributed by atoms with Gasteiger partial charge in [0.25, 0.3) is 0 Å². The molecule has 2 aromatic carbocycles. The van der Waals surface area contributed by atoms with Crippen LogP contribution in [0.2, 0.25) is 5.02 Å². The first kappa shape index (κ1) is 34.4. The molecule has 0 radical (unpaired) electrons. The average Bonchev–Trinajstić information content (AvgIpc) is 3.03.